The molecule has 176 valence electrons. The van der Waals surface area contributed by atoms with E-state index < -0.39 is 77.5 Å². The largest absolute Gasteiger partial charge is 0.333 e. The lowest BCUT2D eigenvalue weighted by molar-refractivity contribution is -0.146. The molecular formula is C22H18F6N2O3. The maximum Gasteiger partial charge on any atom is 0.333 e. The number of halogens is 6. The van der Waals surface area contributed by atoms with Gasteiger partial charge in [-0.25, -0.2) is 22.4 Å². The normalized spacial score (nSPS) is 15.5. The lowest BCUT2D eigenvalue weighted by atomic mass is 9.83. The Hall–Kier alpha value is -3.37. The fourth-order valence-corrected chi connectivity index (χ4v) is 3.48. The zero-order valence-electron chi connectivity index (χ0n) is 17.5. The van der Waals surface area contributed by atoms with E-state index >= 15 is 0 Å². The Labute approximate surface area is 184 Å². The van der Waals surface area contributed by atoms with Crippen molar-refractivity contribution in [2.45, 2.75) is 31.6 Å². The molecule has 0 radical (unpaired) electrons. The Bertz CT molecular complexity index is 1010. The number of nitrogens with zero attached hydrogens (tertiary/aromatic N) is 2. The van der Waals surface area contributed by atoms with E-state index in [0.29, 0.717) is 29.2 Å². The first-order chi connectivity index (χ1) is 15.2. The summed E-state index contributed by atoms with van der Waals surface area (Å²) in [5.74, 6) is -10.6. The van der Waals surface area contributed by atoms with Crippen LogP contribution >= 0.6 is 0 Å². The van der Waals surface area contributed by atoms with Crippen molar-refractivity contribution in [1.82, 2.24) is 9.80 Å². The van der Waals surface area contributed by atoms with Crippen LogP contribution in [0, 0.1) is 23.3 Å². The van der Waals surface area contributed by atoms with Gasteiger partial charge in [-0.15, -0.1) is 0 Å². The van der Waals surface area contributed by atoms with Crippen LogP contribution in [0.4, 0.5) is 31.1 Å². The molecule has 0 unspecified atom stereocenters. The van der Waals surface area contributed by atoms with Gasteiger partial charge in [-0.3, -0.25) is 19.4 Å². The van der Waals surface area contributed by atoms with Gasteiger partial charge in [0.15, 0.2) is 0 Å². The summed E-state index contributed by atoms with van der Waals surface area (Å²) < 4.78 is 83.4. The van der Waals surface area contributed by atoms with Crippen molar-refractivity contribution in [3.63, 3.8) is 0 Å². The molecule has 0 bridgehead atoms. The molecule has 0 aliphatic carbocycles. The van der Waals surface area contributed by atoms with Crippen LogP contribution in [0.15, 0.2) is 36.4 Å². The first kappa shape index (κ1) is 24.3. The molecule has 33 heavy (non-hydrogen) atoms. The molecule has 0 saturated carbocycles. The van der Waals surface area contributed by atoms with Crippen LogP contribution in [0.3, 0.4) is 0 Å². The second-order valence-electron chi connectivity index (χ2n) is 8.32. The standard InChI is InChI=1S/C22H18F6N2O3/c1-21(2,12-3-14(23)7-15(24)4-12)10-29-18(31)9-19(32)30(20(29)33)11-22(27,28)13-5-16(25)8-17(26)6-13/h3-8H,9-11H2,1-2H3. The van der Waals surface area contributed by atoms with Crippen molar-refractivity contribution < 1.29 is 40.7 Å². The zero-order valence-corrected chi connectivity index (χ0v) is 17.5. The van der Waals surface area contributed by atoms with Crippen LogP contribution in [-0.4, -0.2) is 40.7 Å². The second kappa shape index (κ2) is 8.53. The Balaban J connectivity index is 1.87. The first-order valence-electron chi connectivity index (χ1n) is 9.65. The molecule has 11 heteroatoms. The van der Waals surface area contributed by atoms with E-state index in [9.17, 15) is 40.7 Å². The molecule has 3 rings (SSSR count). The van der Waals surface area contributed by atoms with Crippen molar-refractivity contribution in [3.05, 3.63) is 70.8 Å². The molecule has 1 aliphatic rings. The number of alkyl halides is 2. The molecule has 1 aliphatic heterocycles. The molecule has 5 nitrogen and oxygen atoms in total. The quantitative estimate of drug-likeness (QED) is 0.460. The molecule has 0 aromatic heterocycles. The van der Waals surface area contributed by atoms with E-state index in [2.05, 4.69) is 0 Å². The fraction of sp³-hybridized carbons (Fsp3) is 0.318. The number of imide groups is 2. The topological polar surface area (TPSA) is 57.7 Å². The number of carbonyl (C=O) groups excluding carboxylic acids is 3. The van der Waals surface area contributed by atoms with Gasteiger partial charge in [0.1, 0.15) is 29.7 Å². The predicted molar refractivity (Wildman–Crippen MR) is 103 cm³/mol. The fourth-order valence-electron chi connectivity index (χ4n) is 3.48. The zero-order chi connectivity index (χ0) is 24.7. The number of hydrogen-bond donors (Lipinski definition) is 0. The highest BCUT2D eigenvalue weighted by molar-refractivity contribution is 6.14. The van der Waals surface area contributed by atoms with E-state index in [1.54, 1.807) is 0 Å². The van der Waals surface area contributed by atoms with Gasteiger partial charge in [0.2, 0.25) is 11.8 Å². The smallest absolute Gasteiger partial charge is 0.274 e. The molecule has 0 spiro atoms. The lowest BCUT2D eigenvalue weighted by Crippen LogP contribution is -2.59. The minimum Gasteiger partial charge on any atom is -0.274 e. The van der Waals surface area contributed by atoms with Gasteiger partial charge in [-0.05, 0) is 29.8 Å². The summed E-state index contributed by atoms with van der Waals surface area (Å²) in [6.45, 7) is 0.892. The van der Waals surface area contributed by atoms with Crippen molar-refractivity contribution in [3.8, 4) is 0 Å². The van der Waals surface area contributed by atoms with E-state index in [1.807, 2.05) is 0 Å². The molecule has 2 aromatic rings. The maximum atomic E-state index is 14.7. The van der Waals surface area contributed by atoms with E-state index in [1.165, 1.54) is 13.8 Å². The highest BCUT2D eigenvalue weighted by Crippen LogP contribution is 2.33. The molecule has 4 amide bonds. The van der Waals surface area contributed by atoms with E-state index in [0.717, 1.165) is 12.1 Å². The highest BCUT2D eigenvalue weighted by Gasteiger charge is 2.46. The number of hydrogen-bond acceptors (Lipinski definition) is 3. The van der Waals surface area contributed by atoms with Crippen LogP contribution in [0.1, 0.15) is 31.4 Å². The summed E-state index contributed by atoms with van der Waals surface area (Å²) in [6, 6.07) is 2.37. The summed E-state index contributed by atoms with van der Waals surface area (Å²) in [5.41, 5.74) is -2.22. The summed E-state index contributed by atoms with van der Waals surface area (Å²) in [5, 5.41) is 0. The predicted octanol–water partition coefficient (Wildman–Crippen LogP) is 4.49. The number of amides is 4. The number of rotatable bonds is 6. The third-order valence-corrected chi connectivity index (χ3v) is 5.21. The highest BCUT2D eigenvalue weighted by atomic mass is 19.3. The average Bonchev–Trinajstić information content (AvgIpc) is 2.67. The molecule has 2 aromatic carbocycles. The van der Waals surface area contributed by atoms with Gasteiger partial charge < -0.3 is 0 Å². The lowest BCUT2D eigenvalue weighted by Gasteiger charge is -2.38. The summed E-state index contributed by atoms with van der Waals surface area (Å²) in [6.07, 6.45) is -0.910. The molecular weight excluding hydrogens is 454 g/mol. The third-order valence-electron chi connectivity index (χ3n) is 5.21. The van der Waals surface area contributed by atoms with Gasteiger partial charge in [0.05, 0.1) is 6.54 Å². The molecule has 0 N–H and O–H groups in total. The molecule has 1 saturated heterocycles. The minimum absolute atomic E-state index is 0.0876. The van der Waals surface area contributed by atoms with Crippen molar-refractivity contribution in [2.75, 3.05) is 13.1 Å². The van der Waals surface area contributed by atoms with Crippen molar-refractivity contribution >= 4 is 17.8 Å². The number of urea groups is 1. The van der Waals surface area contributed by atoms with Gasteiger partial charge in [0, 0.05) is 29.7 Å². The summed E-state index contributed by atoms with van der Waals surface area (Å²) in [7, 11) is 0. The van der Waals surface area contributed by atoms with Crippen LogP contribution < -0.4 is 0 Å². The monoisotopic (exact) mass is 472 g/mol. The van der Waals surface area contributed by atoms with Crippen LogP contribution in [0.2, 0.25) is 0 Å². The maximum absolute atomic E-state index is 14.7. The van der Waals surface area contributed by atoms with Crippen LogP contribution in [0.5, 0.6) is 0 Å². The summed E-state index contributed by atoms with van der Waals surface area (Å²) in [4.78, 5) is 38.0. The van der Waals surface area contributed by atoms with Gasteiger partial charge in [-0.1, -0.05) is 13.8 Å². The Morgan fingerprint density at radius 1 is 0.697 bits per heavy atom. The number of carbonyl (C=O) groups is 3. The SMILES string of the molecule is CC(C)(CN1C(=O)CC(=O)N(CC(F)(F)c2cc(F)cc(F)c2)C1=O)c1cc(F)cc(F)c1. The average molecular weight is 472 g/mol. The first-order valence-corrected chi connectivity index (χ1v) is 9.65. The van der Waals surface area contributed by atoms with Gasteiger partial charge in [-0.2, -0.15) is 8.78 Å². The van der Waals surface area contributed by atoms with Crippen LogP contribution in [-0.2, 0) is 20.9 Å². The molecule has 1 heterocycles. The van der Waals surface area contributed by atoms with Crippen molar-refractivity contribution in [2.24, 2.45) is 0 Å². The molecule has 1 fully saturated rings. The molecule has 0 atom stereocenters. The number of benzene rings is 2. The summed E-state index contributed by atoms with van der Waals surface area (Å²) >= 11 is 0. The second-order valence-corrected chi connectivity index (χ2v) is 8.32. The van der Waals surface area contributed by atoms with E-state index in [4.69, 9.17) is 0 Å². The number of barbiturate groups is 1. The van der Waals surface area contributed by atoms with Crippen molar-refractivity contribution in [1.29, 1.82) is 0 Å². The van der Waals surface area contributed by atoms with Gasteiger partial charge in [0.25, 0.3) is 5.92 Å². The Morgan fingerprint density at radius 3 is 1.55 bits per heavy atom. The third kappa shape index (κ3) is 5.18. The minimum atomic E-state index is -4.03. The van der Waals surface area contributed by atoms with Crippen LogP contribution in [0.25, 0.3) is 0 Å². The van der Waals surface area contributed by atoms with Gasteiger partial charge >= 0.3 is 6.03 Å². The van der Waals surface area contributed by atoms with E-state index in [-0.39, 0.29) is 10.5 Å². The Kier molecular flexibility index (Phi) is 6.27. The Morgan fingerprint density at radius 2 is 1.09 bits per heavy atom.